The molecule has 0 N–H and O–H groups in total. The van der Waals surface area contributed by atoms with E-state index in [0.29, 0.717) is 5.92 Å². The third-order valence-corrected chi connectivity index (χ3v) is 15.7. The summed E-state index contributed by atoms with van der Waals surface area (Å²) in [4.78, 5) is 0. The molecule has 1 aromatic heterocycles. The molecule has 1 heterocycles. The molecule has 11 unspecified atom stereocenters. The summed E-state index contributed by atoms with van der Waals surface area (Å²) in [7, 11) is 0. The lowest BCUT2D eigenvalue weighted by Crippen LogP contribution is -2.61. The quantitative estimate of drug-likeness (QED) is 0.192. The van der Waals surface area contributed by atoms with Crippen molar-refractivity contribution in [3.63, 3.8) is 0 Å². The van der Waals surface area contributed by atoms with Gasteiger partial charge in [0.25, 0.3) is 0 Å². The summed E-state index contributed by atoms with van der Waals surface area (Å²) in [6.45, 7) is 0. The lowest BCUT2D eigenvalue weighted by atomic mass is 9.37. The highest BCUT2D eigenvalue weighted by Gasteiger charge is 2.62. The van der Waals surface area contributed by atoms with Crippen molar-refractivity contribution in [1.29, 1.82) is 0 Å². The van der Waals surface area contributed by atoms with E-state index in [0.717, 1.165) is 70.3 Å². The maximum Gasteiger partial charge on any atom is 0.143 e. The van der Waals surface area contributed by atoms with Gasteiger partial charge >= 0.3 is 0 Å². The van der Waals surface area contributed by atoms with Gasteiger partial charge in [-0.1, -0.05) is 98.5 Å². The van der Waals surface area contributed by atoms with Crippen molar-refractivity contribution in [2.45, 2.75) is 89.4 Å². The molecule has 0 bridgehead atoms. The zero-order valence-corrected chi connectivity index (χ0v) is 28.0. The van der Waals surface area contributed by atoms with E-state index in [1.54, 1.807) is 44.1 Å². The molecule has 1 nitrogen and oxygen atoms in total. The van der Waals surface area contributed by atoms with Crippen LogP contribution in [0, 0.1) is 59.2 Å². The highest BCUT2D eigenvalue weighted by atomic mass is 16.3. The first-order chi connectivity index (χ1) is 23.3. The van der Waals surface area contributed by atoms with Crippen LogP contribution in [0.15, 0.2) is 83.3 Å². The predicted molar refractivity (Wildman–Crippen MR) is 194 cm³/mol. The van der Waals surface area contributed by atoms with Gasteiger partial charge in [-0.05, 0) is 145 Å². The standard InChI is InChI=1S/C46H50O/c1-2-12-31-27(9-1)21-24-41-40-20-6-15-32(46(40)47-45(31)41)30-11-5-10-28(25-30)29-22-23-35-38-18-7-16-36-33-13-3-4-14-34(33)37-17-8-19-39(42(35)26-29)44(37)43(36)38/h1-2,5-6,9-12,15,20-21,24-25,29,33-39,42-44H,3-4,7-8,13-14,16-19,22-23,26H2. The van der Waals surface area contributed by atoms with E-state index in [2.05, 4.69) is 78.9 Å². The van der Waals surface area contributed by atoms with Crippen molar-refractivity contribution in [2.24, 2.45) is 59.2 Å². The van der Waals surface area contributed by atoms with Gasteiger partial charge in [-0.15, -0.1) is 0 Å². The van der Waals surface area contributed by atoms with Crippen LogP contribution in [0.25, 0.3) is 43.8 Å². The van der Waals surface area contributed by atoms with Gasteiger partial charge in [0.2, 0.25) is 0 Å². The molecule has 240 valence electrons. The van der Waals surface area contributed by atoms with Gasteiger partial charge in [0.1, 0.15) is 11.2 Å². The third-order valence-electron chi connectivity index (χ3n) is 15.7. The maximum atomic E-state index is 6.78. The minimum atomic E-state index is 0.706. The first-order valence-corrected chi connectivity index (χ1v) is 19.7. The first-order valence-electron chi connectivity index (χ1n) is 19.7. The van der Waals surface area contributed by atoms with Gasteiger partial charge in [-0.3, -0.25) is 0 Å². The Kier molecular flexibility index (Phi) is 6.35. The molecule has 0 amide bonds. The molecule has 0 radical (unpaired) electrons. The Morgan fingerprint density at radius 1 is 0.447 bits per heavy atom. The fraction of sp³-hybridized carbons (Fsp3) is 0.522. The van der Waals surface area contributed by atoms with Gasteiger partial charge in [-0.25, -0.2) is 0 Å². The predicted octanol–water partition coefficient (Wildman–Crippen LogP) is 12.8. The molecule has 47 heavy (non-hydrogen) atoms. The number of para-hydroxylation sites is 1. The van der Waals surface area contributed by atoms with Crippen LogP contribution in [0.3, 0.4) is 0 Å². The lowest BCUT2D eigenvalue weighted by Gasteiger charge is -2.67. The van der Waals surface area contributed by atoms with Crippen LogP contribution < -0.4 is 0 Å². The molecule has 11 rings (SSSR count). The van der Waals surface area contributed by atoms with Crippen molar-refractivity contribution in [3.8, 4) is 11.1 Å². The molecule has 0 saturated heterocycles. The molecule has 6 aliphatic rings. The van der Waals surface area contributed by atoms with E-state index < -0.39 is 0 Å². The Labute approximate surface area is 280 Å². The topological polar surface area (TPSA) is 13.1 Å². The molecule has 6 saturated carbocycles. The summed E-state index contributed by atoms with van der Waals surface area (Å²) in [5.41, 5.74) is 6.22. The van der Waals surface area contributed by atoms with Crippen LogP contribution in [0.5, 0.6) is 0 Å². The van der Waals surface area contributed by atoms with Gasteiger partial charge in [-0.2, -0.15) is 0 Å². The fourth-order valence-corrected chi connectivity index (χ4v) is 14.2. The van der Waals surface area contributed by atoms with E-state index in [-0.39, 0.29) is 0 Å². The van der Waals surface area contributed by atoms with Crippen LogP contribution >= 0.6 is 0 Å². The lowest BCUT2D eigenvalue weighted by molar-refractivity contribution is -0.188. The molecule has 4 aromatic carbocycles. The van der Waals surface area contributed by atoms with E-state index in [9.17, 15) is 0 Å². The highest BCUT2D eigenvalue weighted by Crippen LogP contribution is 2.69. The van der Waals surface area contributed by atoms with Crippen molar-refractivity contribution in [2.75, 3.05) is 0 Å². The number of hydrogen-bond donors (Lipinski definition) is 0. The van der Waals surface area contributed by atoms with Crippen molar-refractivity contribution in [3.05, 3.63) is 84.4 Å². The average Bonchev–Trinajstić information content (AvgIpc) is 3.54. The first kappa shape index (κ1) is 27.8. The summed E-state index contributed by atoms with van der Waals surface area (Å²) in [5, 5.41) is 4.91. The molecule has 1 heteroatoms. The molecule has 11 atom stereocenters. The van der Waals surface area contributed by atoms with Crippen LogP contribution in [-0.2, 0) is 0 Å². The summed E-state index contributed by atoms with van der Waals surface area (Å²) in [6, 6.07) is 29.6. The number of rotatable bonds is 2. The SMILES string of the molecule is c1cc(-c2cccc3c2oc2c4ccccc4ccc32)cc(C2CCC3C(C2)C2CCCC4C5CCCCC5C5CCCC3C5C42)c1. The van der Waals surface area contributed by atoms with Gasteiger partial charge < -0.3 is 4.42 Å². The monoisotopic (exact) mass is 618 g/mol. The molecule has 6 aliphatic carbocycles. The normalized spacial score (nSPS) is 37.7. The number of fused-ring (bicyclic) bond motifs is 11. The summed E-state index contributed by atoms with van der Waals surface area (Å²) in [6.07, 6.45) is 19.9. The van der Waals surface area contributed by atoms with Crippen molar-refractivity contribution in [1.82, 2.24) is 0 Å². The second-order valence-corrected chi connectivity index (χ2v) is 17.2. The van der Waals surface area contributed by atoms with E-state index >= 15 is 0 Å². The van der Waals surface area contributed by atoms with E-state index in [1.165, 1.54) is 77.6 Å². The Morgan fingerprint density at radius 3 is 1.87 bits per heavy atom. The molecule has 6 fully saturated rings. The number of hydrogen-bond acceptors (Lipinski definition) is 1. The average molecular weight is 619 g/mol. The summed E-state index contributed by atoms with van der Waals surface area (Å²) in [5.74, 6) is 11.3. The van der Waals surface area contributed by atoms with Gasteiger partial charge in [0.15, 0.2) is 0 Å². The maximum absolute atomic E-state index is 6.78. The minimum absolute atomic E-state index is 0.706. The van der Waals surface area contributed by atoms with Crippen LogP contribution in [0.1, 0.15) is 95.0 Å². The number of benzene rings is 4. The Hall–Kier alpha value is -3.06. The zero-order valence-electron chi connectivity index (χ0n) is 28.0. The fourth-order valence-electron chi connectivity index (χ4n) is 14.2. The number of furan rings is 1. The minimum Gasteiger partial charge on any atom is -0.455 e. The third kappa shape index (κ3) is 4.07. The second kappa shape index (κ2) is 10.7. The Morgan fingerprint density at radius 2 is 1.09 bits per heavy atom. The van der Waals surface area contributed by atoms with E-state index in [4.69, 9.17) is 4.42 Å². The van der Waals surface area contributed by atoms with Gasteiger partial charge in [0.05, 0.1) is 0 Å². The largest absolute Gasteiger partial charge is 0.455 e. The van der Waals surface area contributed by atoms with Crippen LogP contribution in [0.2, 0.25) is 0 Å². The summed E-state index contributed by atoms with van der Waals surface area (Å²) < 4.78 is 6.78. The molecule has 0 spiro atoms. The summed E-state index contributed by atoms with van der Waals surface area (Å²) >= 11 is 0. The second-order valence-electron chi connectivity index (χ2n) is 17.2. The van der Waals surface area contributed by atoms with Crippen LogP contribution in [-0.4, -0.2) is 0 Å². The van der Waals surface area contributed by atoms with Crippen molar-refractivity contribution < 1.29 is 4.42 Å². The smallest absolute Gasteiger partial charge is 0.143 e. The van der Waals surface area contributed by atoms with Gasteiger partial charge in [0, 0.05) is 21.7 Å². The van der Waals surface area contributed by atoms with Crippen molar-refractivity contribution >= 4 is 32.7 Å². The Balaban J connectivity index is 0.942. The molecular formula is C46H50O. The zero-order chi connectivity index (χ0) is 30.6. The molecule has 5 aromatic rings. The highest BCUT2D eigenvalue weighted by molar-refractivity contribution is 6.17. The molecule has 0 aliphatic heterocycles. The Bertz CT molecular complexity index is 1980. The van der Waals surface area contributed by atoms with E-state index in [1.807, 2.05) is 0 Å². The molecular weight excluding hydrogens is 569 g/mol. The van der Waals surface area contributed by atoms with Crippen LogP contribution in [0.4, 0.5) is 0 Å².